The highest BCUT2D eigenvalue weighted by atomic mass is 32.1. The van der Waals surface area contributed by atoms with Crippen molar-refractivity contribution in [3.63, 3.8) is 0 Å². The standard InChI is InChI=1S/C17H16N4O2S/c1-23-12-4-2-11(3-5-12)14-8-13-16(24-14)17(20-10-19-13)21-7-6-18-15(22)9-21/h2-5,8,10H,6-7,9H2,1H3,(H,18,22). The summed E-state index contributed by atoms with van der Waals surface area (Å²) in [6.07, 6.45) is 1.56. The van der Waals surface area contributed by atoms with Crippen LogP contribution < -0.4 is 15.0 Å². The summed E-state index contributed by atoms with van der Waals surface area (Å²) in [5, 5.41) is 2.84. The van der Waals surface area contributed by atoms with Crippen LogP contribution in [0.25, 0.3) is 20.7 Å². The Morgan fingerprint density at radius 2 is 2.08 bits per heavy atom. The van der Waals surface area contributed by atoms with Gasteiger partial charge in [-0.25, -0.2) is 9.97 Å². The van der Waals surface area contributed by atoms with Gasteiger partial charge in [-0.1, -0.05) is 0 Å². The molecule has 1 aliphatic rings. The van der Waals surface area contributed by atoms with E-state index in [0.717, 1.165) is 38.8 Å². The van der Waals surface area contributed by atoms with Crippen LogP contribution in [-0.4, -0.2) is 42.6 Å². The van der Waals surface area contributed by atoms with Gasteiger partial charge in [-0.3, -0.25) is 4.79 Å². The van der Waals surface area contributed by atoms with Crippen LogP contribution in [0.3, 0.4) is 0 Å². The van der Waals surface area contributed by atoms with E-state index in [0.29, 0.717) is 13.1 Å². The number of piperazine rings is 1. The highest BCUT2D eigenvalue weighted by Crippen LogP contribution is 2.37. The van der Waals surface area contributed by atoms with E-state index in [1.807, 2.05) is 29.2 Å². The Labute approximate surface area is 143 Å². The normalized spacial score (nSPS) is 14.7. The highest BCUT2D eigenvalue weighted by Gasteiger charge is 2.21. The van der Waals surface area contributed by atoms with E-state index >= 15 is 0 Å². The number of hydrogen-bond donors (Lipinski definition) is 1. The predicted molar refractivity (Wildman–Crippen MR) is 94.6 cm³/mol. The summed E-state index contributed by atoms with van der Waals surface area (Å²) in [4.78, 5) is 23.6. The van der Waals surface area contributed by atoms with Crippen molar-refractivity contribution in [2.45, 2.75) is 0 Å². The molecule has 1 amide bonds. The van der Waals surface area contributed by atoms with E-state index in [9.17, 15) is 4.79 Å². The van der Waals surface area contributed by atoms with Crippen LogP contribution in [0.2, 0.25) is 0 Å². The van der Waals surface area contributed by atoms with Crippen molar-refractivity contribution in [1.82, 2.24) is 15.3 Å². The summed E-state index contributed by atoms with van der Waals surface area (Å²) in [6, 6.07) is 10.0. The molecular formula is C17H16N4O2S. The molecule has 7 heteroatoms. The number of fused-ring (bicyclic) bond motifs is 1. The van der Waals surface area contributed by atoms with Gasteiger partial charge in [-0.15, -0.1) is 11.3 Å². The molecule has 1 N–H and O–H groups in total. The van der Waals surface area contributed by atoms with Gasteiger partial charge < -0.3 is 15.0 Å². The first kappa shape index (κ1) is 14.9. The SMILES string of the molecule is COc1ccc(-c2cc3ncnc(N4CCNC(=O)C4)c3s2)cc1. The minimum absolute atomic E-state index is 0.0277. The van der Waals surface area contributed by atoms with Crippen molar-refractivity contribution in [1.29, 1.82) is 0 Å². The second-order valence-electron chi connectivity index (χ2n) is 5.52. The lowest BCUT2D eigenvalue weighted by Gasteiger charge is -2.27. The zero-order valence-electron chi connectivity index (χ0n) is 13.2. The smallest absolute Gasteiger partial charge is 0.239 e. The second-order valence-corrected chi connectivity index (χ2v) is 6.57. The molecule has 0 saturated carbocycles. The summed E-state index contributed by atoms with van der Waals surface area (Å²) < 4.78 is 6.22. The lowest BCUT2D eigenvalue weighted by molar-refractivity contribution is -0.120. The molecule has 0 unspecified atom stereocenters. The molecule has 0 aliphatic carbocycles. The molecule has 24 heavy (non-hydrogen) atoms. The first-order chi connectivity index (χ1) is 11.7. The first-order valence-electron chi connectivity index (χ1n) is 7.65. The highest BCUT2D eigenvalue weighted by molar-refractivity contribution is 7.22. The second kappa shape index (κ2) is 6.09. The average molecular weight is 340 g/mol. The minimum Gasteiger partial charge on any atom is -0.497 e. The third-order valence-electron chi connectivity index (χ3n) is 4.00. The van der Waals surface area contributed by atoms with Gasteiger partial charge in [-0.2, -0.15) is 0 Å². The van der Waals surface area contributed by atoms with Crippen LogP contribution in [0.4, 0.5) is 5.82 Å². The molecule has 4 rings (SSSR count). The number of rotatable bonds is 3. The van der Waals surface area contributed by atoms with Gasteiger partial charge >= 0.3 is 0 Å². The molecule has 0 spiro atoms. The number of hydrogen-bond acceptors (Lipinski definition) is 6. The topological polar surface area (TPSA) is 67.4 Å². The zero-order chi connectivity index (χ0) is 16.5. The number of amides is 1. The Balaban J connectivity index is 1.74. The van der Waals surface area contributed by atoms with Crippen LogP contribution in [0.15, 0.2) is 36.7 Å². The van der Waals surface area contributed by atoms with Crippen molar-refractivity contribution in [2.75, 3.05) is 31.6 Å². The monoisotopic (exact) mass is 340 g/mol. The molecule has 0 atom stereocenters. The van der Waals surface area contributed by atoms with E-state index in [4.69, 9.17) is 4.74 Å². The fourth-order valence-corrected chi connectivity index (χ4v) is 3.92. The number of anilines is 1. The van der Waals surface area contributed by atoms with Crippen molar-refractivity contribution in [3.8, 4) is 16.2 Å². The molecule has 1 fully saturated rings. The quantitative estimate of drug-likeness (QED) is 0.792. The molecule has 1 saturated heterocycles. The zero-order valence-corrected chi connectivity index (χ0v) is 14.0. The van der Waals surface area contributed by atoms with Crippen LogP contribution in [0.5, 0.6) is 5.75 Å². The van der Waals surface area contributed by atoms with Gasteiger partial charge in [0.25, 0.3) is 0 Å². The maximum atomic E-state index is 11.7. The van der Waals surface area contributed by atoms with Gasteiger partial charge in [-0.05, 0) is 35.9 Å². The van der Waals surface area contributed by atoms with Gasteiger partial charge in [0, 0.05) is 18.0 Å². The third-order valence-corrected chi connectivity index (χ3v) is 5.17. The number of methoxy groups -OCH3 is 1. The van der Waals surface area contributed by atoms with E-state index in [2.05, 4.69) is 21.4 Å². The first-order valence-corrected chi connectivity index (χ1v) is 8.47. The number of carbonyl (C=O) groups is 1. The number of thiophene rings is 1. The van der Waals surface area contributed by atoms with Gasteiger partial charge in [0.05, 0.1) is 23.9 Å². The number of ether oxygens (including phenoxy) is 1. The maximum absolute atomic E-state index is 11.7. The molecule has 0 bridgehead atoms. The maximum Gasteiger partial charge on any atom is 0.239 e. The number of nitrogens with zero attached hydrogens (tertiary/aromatic N) is 3. The molecule has 122 valence electrons. The molecule has 1 aromatic carbocycles. The minimum atomic E-state index is 0.0277. The molecule has 2 aromatic heterocycles. The Bertz CT molecular complexity index is 891. The van der Waals surface area contributed by atoms with Crippen molar-refractivity contribution < 1.29 is 9.53 Å². The van der Waals surface area contributed by atoms with Gasteiger partial charge in [0.15, 0.2) is 5.82 Å². The summed E-state index contributed by atoms with van der Waals surface area (Å²) in [7, 11) is 1.66. The lowest BCUT2D eigenvalue weighted by Crippen LogP contribution is -2.48. The summed E-state index contributed by atoms with van der Waals surface area (Å²) in [5.41, 5.74) is 2.02. The number of nitrogens with one attached hydrogen (secondary N) is 1. The van der Waals surface area contributed by atoms with Crippen LogP contribution in [-0.2, 0) is 4.79 Å². The largest absolute Gasteiger partial charge is 0.497 e. The van der Waals surface area contributed by atoms with Crippen molar-refractivity contribution in [2.24, 2.45) is 0 Å². The van der Waals surface area contributed by atoms with E-state index < -0.39 is 0 Å². The number of carbonyl (C=O) groups excluding carboxylic acids is 1. The summed E-state index contributed by atoms with van der Waals surface area (Å²) in [5.74, 6) is 1.69. The molecule has 3 aromatic rings. The number of aromatic nitrogens is 2. The molecule has 3 heterocycles. The van der Waals surface area contributed by atoms with Crippen LogP contribution in [0, 0.1) is 0 Å². The Kier molecular flexibility index (Phi) is 3.78. The predicted octanol–water partition coefficient (Wildman–Crippen LogP) is 2.30. The Morgan fingerprint density at radius 1 is 1.25 bits per heavy atom. The Hall–Kier alpha value is -2.67. The van der Waals surface area contributed by atoms with E-state index in [1.165, 1.54) is 0 Å². The average Bonchev–Trinajstić information content (AvgIpc) is 3.06. The molecule has 0 radical (unpaired) electrons. The Morgan fingerprint density at radius 3 is 2.83 bits per heavy atom. The summed E-state index contributed by atoms with van der Waals surface area (Å²) in [6.45, 7) is 1.73. The molecule has 6 nitrogen and oxygen atoms in total. The molecule has 1 aliphatic heterocycles. The summed E-state index contributed by atoms with van der Waals surface area (Å²) >= 11 is 1.65. The van der Waals surface area contributed by atoms with Crippen molar-refractivity contribution >= 4 is 33.3 Å². The van der Waals surface area contributed by atoms with Crippen LogP contribution >= 0.6 is 11.3 Å². The van der Waals surface area contributed by atoms with Gasteiger partial charge in [0.2, 0.25) is 5.91 Å². The van der Waals surface area contributed by atoms with Crippen LogP contribution in [0.1, 0.15) is 0 Å². The fourth-order valence-electron chi connectivity index (χ4n) is 2.78. The fraction of sp³-hybridized carbons (Fsp3) is 0.235. The van der Waals surface area contributed by atoms with Crippen molar-refractivity contribution in [3.05, 3.63) is 36.7 Å². The van der Waals surface area contributed by atoms with Gasteiger partial charge in [0.1, 0.15) is 12.1 Å². The lowest BCUT2D eigenvalue weighted by atomic mass is 10.2. The number of benzene rings is 1. The van der Waals surface area contributed by atoms with E-state index in [-0.39, 0.29) is 5.91 Å². The van der Waals surface area contributed by atoms with E-state index in [1.54, 1.807) is 24.8 Å². The third kappa shape index (κ3) is 2.67. The molecular weight excluding hydrogens is 324 g/mol.